The van der Waals surface area contributed by atoms with Crippen molar-refractivity contribution in [2.45, 2.75) is 58.9 Å². The molecule has 0 spiro atoms. The Morgan fingerprint density at radius 2 is 1.38 bits per heavy atom. The summed E-state index contributed by atoms with van der Waals surface area (Å²) < 4.78 is 1.86. The molecule has 0 bridgehead atoms. The molecular weight excluding hydrogens is 298 g/mol. The van der Waals surface area contributed by atoms with Gasteiger partial charge in [0.25, 0.3) is 0 Å². The van der Waals surface area contributed by atoms with Crippen LogP contribution >= 0.6 is 0 Å². The van der Waals surface area contributed by atoms with E-state index >= 15 is 0 Å². The number of phenols is 1. The number of Topliss-reactive ketones (excluding diaryl/α,β-unsaturated/α-hetero) is 1. The van der Waals surface area contributed by atoms with Gasteiger partial charge < -0.3 is 5.11 Å². The maximum absolute atomic E-state index is 12.8. The van der Waals surface area contributed by atoms with Crippen molar-refractivity contribution >= 4 is 5.78 Å². The molecule has 0 aliphatic rings. The third-order valence-electron chi connectivity index (χ3n) is 4.15. The maximum atomic E-state index is 12.8. The quantitative estimate of drug-likeness (QED) is 0.680. The molecule has 2 aromatic rings. The van der Waals surface area contributed by atoms with Crippen LogP contribution in [0.3, 0.4) is 0 Å². The summed E-state index contributed by atoms with van der Waals surface area (Å²) in [7, 11) is 0. The van der Waals surface area contributed by atoms with Gasteiger partial charge in [0.15, 0.2) is 12.4 Å². The van der Waals surface area contributed by atoms with Crippen molar-refractivity contribution in [3.8, 4) is 5.75 Å². The molecule has 3 nitrogen and oxygen atoms in total. The van der Waals surface area contributed by atoms with Gasteiger partial charge in [0.1, 0.15) is 5.75 Å². The molecule has 128 valence electrons. The van der Waals surface area contributed by atoms with Crippen LogP contribution in [-0.2, 0) is 17.4 Å². The lowest BCUT2D eigenvalue weighted by Gasteiger charge is -2.27. The van der Waals surface area contributed by atoms with Gasteiger partial charge in [-0.25, -0.2) is 0 Å². The first-order valence-electron chi connectivity index (χ1n) is 8.35. The largest absolute Gasteiger partial charge is 0.507 e. The number of phenolic OH excluding ortho intramolecular Hbond substituents is 1. The fourth-order valence-corrected chi connectivity index (χ4v) is 2.74. The van der Waals surface area contributed by atoms with E-state index in [1.54, 1.807) is 0 Å². The predicted molar refractivity (Wildman–Crippen MR) is 96.5 cm³/mol. The number of hydrogen-bond acceptors (Lipinski definition) is 2. The van der Waals surface area contributed by atoms with Crippen LogP contribution < -0.4 is 4.57 Å². The lowest BCUT2D eigenvalue weighted by atomic mass is 9.78. The summed E-state index contributed by atoms with van der Waals surface area (Å²) in [6, 6.07) is 9.43. The van der Waals surface area contributed by atoms with Gasteiger partial charge in [-0.2, -0.15) is 4.57 Å². The Morgan fingerprint density at radius 3 is 1.79 bits per heavy atom. The van der Waals surface area contributed by atoms with Crippen LogP contribution in [0.4, 0.5) is 0 Å². The van der Waals surface area contributed by atoms with Crippen LogP contribution in [-0.4, -0.2) is 10.9 Å². The zero-order chi connectivity index (χ0) is 18.1. The lowest BCUT2D eigenvalue weighted by Crippen LogP contribution is -2.37. The van der Waals surface area contributed by atoms with Crippen LogP contribution in [0, 0.1) is 0 Å². The first-order chi connectivity index (χ1) is 11.0. The first-order valence-corrected chi connectivity index (χ1v) is 8.35. The van der Waals surface area contributed by atoms with Crippen molar-refractivity contribution in [2.75, 3.05) is 0 Å². The highest BCUT2D eigenvalue weighted by Crippen LogP contribution is 2.39. The number of pyridine rings is 1. The van der Waals surface area contributed by atoms with Crippen molar-refractivity contribution in [3.63, 3.8) is 0 Å². The van der Waals surface area contributed by atoms with Gasteiger partial charge in [0, 0.05) is 28.8 Å². The normalized spacial score (nSPS) is 12.2. The SMILES string of the molecule is CC(C)(C)c1cc(C(=O)C[n+]2ccccc2)cc(C(C)(C)C)c1O. The summed E-state index contributed by atoms with van der Waals surface area (Å²) >= 11 is 0. The molecule has 0 fully saturated rings. The third-order valence-corrected chi connectivity index (χ3v) is 4.15. The van der Waals surface area contributed by atoms with Gasteiger partial charge in [0.05, 0.1) is 0 Å². The second-order valence-electron chi connectivity index (χ2n) is 8.39. The van der Waals surface area contributed by atoms with Gasteiger partial charge in [-0.3, -0.25) is 4.79 Å². The van der Waals surface area contributed by atoms with E-state index in [0.717, 1.165) is 11.1 Å². The molecular formula is C21H28NO2+. The highest BCUT2D eigenvalue weighted by Gasteiger charge is 2.28. The summed E-state index contributed by atoms with van der Waals surface area (Å²) in [5.41, 5.74) is 1.81. The van der Waals surface area contributed by atoms with Crippen LogP contribution in [0.1, 0.15) is 63.0 Å². The maximum Gasteiger partial charge on any atom is 0.227 e. The van der Waals surface area contributed by atoms with E-state index in [1.807, 2.05) is 47.3 Å². The summed E-state index contributed by atoms with van der Waals surface area (Å²) in [4.78, 5) is 12.8. The van der Waals surface area contributed by atoms with Crippen molar-refractivity contribution in [3.05, 3.63) is 59.4 Å². The molecule has 2 rings (SSSR count). The first kappa shape index (κ1) is 18.2. The topological polar surface area (TPSA) is 41.2 Å². The predicted octanol–water partition coefficient (Wildman–Crippen LogP) is 4.16. The Labute approximate surface area is 145 Å². The molecule has 0 radical (unpaired) electrons. The molecule has 0 saturated carbocycles. The number of rotatable bonds is 3. The molecule has 1 heterocycles. The highest BCUT2D eigenvalue weighted by atomic mass is 16.3. The fourth-order valence-electron chi connectivity index (χ4n) is 2.74. The van der Waals surface area contributed by atoms with E-state index in [4.69, 9.17) is 0 Å². The average Bonchev–Trinajstić information content (AvgIpc) is 2.46. The van der Waals surface area contributed by atoms with Crippen molar-refractivity contribution in [1.29, 1.82) is 0 Å². The second kappa shape index (κ2) is 6.39. The van der Waals surface area contributed by atoms with Gasteiger partial charge >= 0.3 is 0 Å². The van der Waals surface area contributed by atoms with Crippen LogP contribution in [0.5, 0.6) is 5.75 Å². The van der Waals surface area contributed by atoms with Crippen LogP contribution in [0.2, 0.25) is 0 Å². The zero-order valence-electron chi connectivity index (χ0n) is 15.6. The Bertz CT molecular complexity index is 700. The zero-order valence-corrected chi connectivity index (χ0v) is 15.6. The van der Waals surface area contributed by atoms with Crippen molar-refractivity contribution in [2.24, 2.45) is 0 Å². The van der Waals surface area contributed by atoms with E-state index < -0.39 is 0 Å². The Hall–Kier alpha value is -2.16. The molecule has 1 aromatic carbocycles. The molecule has 24 heavy (non-hydrogen) atoms. The smallest absolute Gasteiger partial charge is 0.227 e. The Morgan fingerprint density at radius 1 is 0.917 bits per heavy atom. The summed E-state index contributed by atoms with van der Waals surface area (Å²) in [6.07, 6.45) is 3.77. The number of aromatic nitrogens is 1. The Kier molecular flexibility index (Phi) is 4.84. The monoisotopic (exact) mass is 326 g/mol. The number of carbonyl (C=O) groups is 1. The minimum absolute atomic E-state index is 0.0437. The summed E-state index contributed by atoms with van der Waals surface area (Å²) in [5, 5.41) is 10.7. The minimum atomic E-state index is -0.236. The average molecular weight is 326 g/mol. The standard InChI is InChI=1S/C21H27NO2/c1-20(2,3)16-12-15(13-17(19(16)24)21(4,5)6)18(23)14-22-10-8-7-9-11-22/h7-13H,14H2,1-6H3/p+1. The number of benzene rings is 1. The van der Waals surface area contributed by atoms with Gasteiger partial charge in [0.2, 0.25) is 12.3 Å². The van der Waals surface area contributed by atoms with Crippen LogP contribution in [0.25, 0.3) is 0 Å². The van der Waals surface area contributed by atoms with E-state index in [9.17, 15) is 9.90 Å². The Balaban J connectivity index is 2.52. The van der Waals surface area contributed by atoms with Gasteiger partial charge in [-0.15, -0.1) is 0 Å². The fraction of sp³-hybridized carbons (Fsp3) is 0.429. The second-order valence-corrected chi connectivity index (χ2v) is 8.39. The van der Waals surface area contributed by atoms with Crippen molar-refractivity contribution < 1.29 is 14.5 Å². The molecule has 1 aromatic heterocycles. The number of hydrogen-bond donors (Lipinski definition) is 1. The van der Waals surface area contributed by atoms with Crippen LogP contribution in [0.15, 0.2) is 42.7 Å². The van der Waals surface area contributed by atoms with E-state index in [2.05, 4.69) is 41.5 Å². The molecule has 0 aliphatic heterocycles. The summed E-state index contributed by atoms with van der Waals surface area (Å²) in [5.74, 6) is 0.348. The number of carbonyl (C=O) groups excluding carboxylic acids is 1. The number of nitrogens with zero attached hydrogens (tertiary/aromatic N) is 1. The van der Waals surface area contributed by atoms with E-state index in [-0.39, 0.29) is 16.6 Å². The molecule has 0 saturated heterocycles. The molecule has 1 N–H and O–H groups in total. The summed E-state index contributed by atoms with van der Waals surface area (Å²) in [6.45, 7) is 12.6. The third kappa shape index (κ3) is 4.02. The molecule has 0 aliphatic carbocycles. The number of ketones is 1. The van der Waals surface area contributed by atoms with E-state index in [1.165, 1.54) is 0 Å². The highest BCUT2D eigenvalue weighted by molar-refractivity contribution is 5.96. The number of aromatic hydroxyl groups is 1. The molecule has 3 heteroatoms. The minimum Gasteiger partial charge on any atom is -0.507 e. The van der Waals surface area contributed by atoms with Crippen molar-refractivity contribution in [1.82, 2.24) is 0 Å². The molecule has 0 unspecified atom stereocenters. The molecule has 0 atom stereocenters. The lowest BCUT2D eigenvalue weighted by molar-refractivity contribution is -0.683. The van der Waals surface area contributed by atoms with Gasteiger partial charge in [-0.1, -0.05) is 47.6 Å². The van der Waals surface area contributed by atoms with Gasteiger partial charge in [-0.05, 0) is 23.0 Å². The molecule has 0 amide bonds. The van der Waals surface area contributed by atoms with E-state index in [0.29, 0.717) is 17.9 Å².